The minimum atomic E-state index is -1.30. The molecule has 6 nitrogen and oxygen atoms in total. The van der Waals surface area contributed by atoms with Crippen LogP contribution < -0.4 is 10.3 Å². The quantitative estimate of drug-likeness (QED) is 0.450. The van der Waals surface area contributed by atoms with Gasteiger partial charge in [-0.3, -0.25) is 9.69 Å². The number of nitrogens with zero attached hydrogens (tertiary/aromatic N) is 3. The second-order valence-electron chi connectivity index (χ2n) is 9.00. The van der Waals surface area contributed by atoms with Gasteiger partial charge in [0.15, 0.2) is 0 Å². The predicted molar refractivity (Wildman–Crippen MR) is 137 cm³/mol. The van der Waals surface area contributed by atoms with Crippen LogP contribution in [-0.4, -0.2) is 53.3 Å². The number of anilines is 1. The van der Waals surface area contributed by atoms with Crippen molar-refractivity contribution in [2.45, 2.75) is 19.9 Å². The zero-order chi connectivity index (χ0) is 24.5. The molecule has 1 N–H and O–H groups in total. The van der Waals surface area contributed by atoms with E-state index >= 15 is 4.39 Å². The summed E-state index contributed by atoms with van der Waals surface area (Å²) in [7, 11) is 0. The van der Waals surface area contributed by atoms with Crippen LogP contribution in [0.2, 0.25) is 0 Å². The summed E-state index contributed by atoms with van der Waals surface area (Å²) < 4.78 is 16.8. The van der Waals surface area contributed by atoms with Gasteiger partial charge >= 0.3 is 5.97 Å². The number of pyridine rings is 1. The molecule has 2 heterocycles. The molecule has 0 bridgehead atoms. The van der Waals surface area contributed by atoms with Crippen LogP contribution in [-0.2, 0) is 13.0 Å². The lowest BCUT2D eigenvalue weighted by Gasteiger charge is -2.36. The Hall–Kier alpha value is -3.71. The summed E-state index contributed by atoms with van der Waals surface area (Å²) in [5.74, 6) is -1.80. The monoisotopic (exact) mass is 473 g/mol. The molecule has 1 aromatic heterocycles. The van der Waals surface area contributed by atoms with Gasteiger partial charge in [0.1, 0.15) is 11.4 Å². The number of benzene rings is 3. The Labute approximate surface area is 202 Å². The van der Waals surface area contributed by atoms with Crippen molar-refractivity contribution in [3.05, 3.63) is 88.0 Å². The van der Waals surface area contributed by atoms with Gasteiger partial charge in [-0.2, -0.15) is 0 Å². The van der Waals surface area contributed by atoms with Crippen LogP contribution in [0.4, 0.5) is 10.1 Å². The van der Waals surface area contributed by atoms with Crippen molar-refractivity contribution in [1.29, 1.82) is 0 Å². The SMILES string of the molecule is CCn1cc(C(=O)O)c(=O)c2cc(F)c(N3CCN(CCc4cccc5ccccc45)CC3)cc21. The van der Waals surface area contributed by atoms with Crippen LogP contribution in [0.15, 0.2) is 65.6 Å². The Kier molecular flexibility index (Phi) is 6.26. The molecule has 0 aliphatic carbocycles. The molecule has 1 saturated heterocycles. The maximum Gasteiger partial charge on any atom is 0.341 e. The van der Waals surface area contributed by atoms with E-state index in [2.05, 4.69) is 47.4 Å². The number of halogens is 1. The van der Waals surface area contributed by atoms with Crippen molar-refractivity contribution >= 4 is 33.3 Å². The summed E-state index contributed by atoms with van der Waals surface area (Å²) in [5, 5.41) is 12.0. The number of rotatable bonds is 6. The second-order valence-corrected chi connectivity index (χ2v) is 9.00. The fraction of sp³-hybridized carbons (Fsp3) is 0.286. The van der Waals surface area contributed by atoms with E-state index in [-0.39, 0.29) is 10.9 Å². The van der Waals surface area contributed by atoms with E-state index in [0.29, 0.717) is 30.8 Å². The van der Waals surface area contributed by atoms with E-state index in [4.69, 9.17) is 0 Å². The van der Waals surface area contributed by atoms with Crippen molar-refractivity contribution in [3.63, 3.8) is 0 Å². The zero-order valence-corrected chi connectivity index (χ0v) is 19.7. The molecule has 35 heavy (non-hydrogen) atoms. The van der Waals surface area contributed by atoms with Gasteiger partial charge in [0.2, 0.25) is 5.43 Å². The Balaban J connectivity index is 1.32. The zero-order valence-electron chi connectivity index (χ0n) is 19.7. The lowest BCUT2D eigenvalue weighted by atomic mass is 10.0. The van der Waals surface area contributed by atoms with Crippen molar-refractivity contribution in [2.24, 2.45) is 0 Å². The molecule has 0 atom stereocenters. The lowest BCUT2D eigenvalue weighted by Crippen LogP contribution is -2.47. The first-order valence-electron chi connectivity index (χ1n) is 12.0. The molecule has 1 fully saturated rings. The maximum atomic E-state index is 15.1. The maximum absolute atomic E-state index is 15.1. The smallest absolute Gasteiger partial charge is 0.341 e. The first kappa shape index (κ1) is 23.1. The molecule has 0 amide bonds. The summed E-state index contributed by atoms with van der Waals surface area (Å²) in [6.07, 6.45) is 2.31. The molecule has 3 aromatic carbocycles. The number of carbonyl (C=O) groups is 1. The average Bonchev–Trinajstić information content (AvgIpc) is 2.88. The van der Waals surface area contributed by atoms with E-state index < -0.39 is 17.2 Å². The molecular formula is C28H28FN3O3. The molecule has 0 unspecified atom stereocenters. The first-order chi connectivity index (χ1) is 17.0. The predicted octanol–water partition coefficient (Wildman–Crippen LogP) is 4.38. The molecule has 0 radical (unpaired) electrons. The van der Waals surface area contributed by atoms with Crippen molar-refractivity contribution in [1.82, 2.24) is 9.47 Å². The fourth-order valence-corrected chi connectivity index (χ4v) is 5.06. The molecular weight excluding hydrogens is 445 g/mol. The minimum Gasteiger partial charge on any atom is -0.477 e. The third kappa shape index (κ3) is 4.39. The van der Waals surface area contributed by atoms with E-state index in [1.165, 1.54) is 28.6 Å². The summed E-state index contributed by atoms with van der Waals surface area (Å²) in [6.45, 7) is 6.29. The normalized spacial score (nSPS) is 14.6. The number of aromatic carboxylic acids is 1. The third-order valence-electron chi connectivity index (χ3n) is 7.01. The molecule has 0 spiro atoms. The molecule has 1 aliphatic rings. The largest absolute Gasteiger partial charge is 0.477 e. The number of aromatic nitrogens is 1. The topological polar surface area (TPSA) is 65.8 Å². The Morgan fingerprint density at radius 1 is 1.00 bits per heavy atom. The van der Waals surface area contributed by atoms with Gasteiger partial charge in [-0.05, 0) is 41.8 Å². The van der Waals surface area contributed by atoms with Crippen LogP contribution in [0.25, 0.3) is 21.7 Å². The van der Waals surface area contributed by atoms with Gasteiger partial charge in [0.25, 0.3) is 0 Å². The van der Waals surface area contributed by atoms with Crippen molar-refractivity contribution in [3.8, 4) is 0 Å². The van der Waals surface area contributed by atoms with Crippen LogP contribution in [0, 0.1) is 5.82 Å². The van der Waals surface area contributed by atoms with Gasteiger partial charge in [-0.15, -0.1) is 0 Å². The van der Waals surface area contributed by atoms with Gasteiger partial charge in [-0.25, -0.2) is 9.18 Å². The Morgan fingerprint density at radius 2 is 1.74 bits per heavy atom. The van der Waals surface area contributed by atoms with Crippen molar-refractivity contribution in [2.75, 3.05) is 37.6 Å². The Bertz CT molecular complexity index is 1470. The lowest BCUT2D eigenvalue weighted by molar-refractivity contribution is 0.0695. The van der Waals surface area contributed by atoms with Gasteiger partial charge in [0, 0.05) is 50.9 Å². The summed E-state index contributed by atoms with van der Waals surface area (Å²) in [5.41, 5.74) is 1.35. The molecule has 4 aromatic rings. The fourth-order valence-electron chi connectivity index (χ4n) is 5.06. The summed E-state index contributed by atoms with van der Waals surface area (Å²) in [6, 6.07) is 17.7. The Morgan fingerprint density at radius 3 is 2.49 bits per heavy atom. The van der Waals surface area contributed by atoms with Gasteiger partial charge in [0.05, 0.1) is 11.2 Å². The third-order valence-corrected chi connectivity index (χ3v) is 7.01. The average molecular weight is 474 g/mol. The van der Waals surface area contributed by atoms with Gasteiger partial charge < -0.3 is 14.6 Å². The van der Waals surface area contributed by atoms with Crippen LogP contribution >= 0.6 is 0 Å². The van der Waals surface area contributed by atoms with Crippen LogP contribution in [0.3, 0.4) is 0 Å². The van der Waals surface area contributed by atoms with Gasteiger partial charge in [-0.1, -0.05) is 42.5 Å². The van der Waals surface area contributed by atoms with E-state index in [0.717, 1.165) is 26.1 Å². The number of piperazine rings is 1. The summed E-state index contributed by atoms with van der Waals surface area (Å²) >= 11 is 0. The van der Waals surface area contributed by atoms with Crippen molar-refractivity contribution < 1.29 is 14.3 Å². The first-order valence-corrected chi connectivity index (χ1v) is 12.0. The number of hydrogen-bond donors (Lipinski definition) is 1. The standard InChI is InChI=1S/C28H28FN3O3/c1-2-31-18-23(28(34)35)27(33)22-16-24(29)26(17-25(22)31)32-14-12-30(13-15-32)11-10-20-8-5-7-19-6-3-4-9-21(19)20/h3-9,16-18H,2,10-15H2,1H3,(H,34,35). The second kappa shape index (κ2) is 9.50. The highest BCUT2D eigenvalue weighted by Gasteiger charge is 2.22. The van der Waals surface area contributed by atoms with Crippen LogP contribution in [0.5, 0.6) is 0 Å². The number of carboxylic acids is 1. The highest BCUT2D eigenvalue weighted by molar-refractivity contribution is 5.93. The van der Waals surface area contributed by atoms with Crippen LogP contribution in [0.1, 0.15) is 22.8 Å². The molecule has 7 heteroatoms. The minimum absolute atomic E-state index is 0.0988. The molecule has 5 rings (SSSR count). The highest BCUT2D eigenvalue weighted by Crippen LogP contribution is 2.27. The molecule has 1 aliphatic heterocycles. The highest BCUT2D eigenvalue weighted by atomic mass is 19.1. The van der Waals surface area contributed by atoms with E-state index in [9.17, 15) is 14.7 Å². The number of carboxylic acid groups (broad SMARTS) is 1. The molecule has 0 saturated carbocycles. The number of aryl methyl sites for hydroxylation is 1. The summed E-state index contributed by atoms with van der Waals surface area (Å²) in [4.78, 5) is 28.5. The molecule has 180 valence electrons. The number of hydrogen-bond acceptors (Lipinski definition) is 4. The van der Waals surface area contributed by atoms with E-state index in [1.54, 1.807) is 10.6 Å². The number of fused-ring (bicyclic) bond motifs is 2. The van der Waals surface area contributed by atoms with E-state index in [1.807, 2.05) is 11.8 Å².